The zero-order chi connectivity index (χ0) is 24.1. The van der Waals surface area contributed by atoms with Crippen LogP contribution in [0.2, 0.25) is 0 Å². The van der Waals surface area contributed by atoms with Crippen LogP contribution < -0.4 is 0 Å². The molecule has 1 spiro atoms. The quantitative estimate of drug-likeness (QED) is 0.527. The minimum Gasteiger partial charge on any atom is -0.466 e. The van der Waals surface area contributed by atoms with Gasteiger partial charge in [-0.1, -0.05) is 60.7 Å². The van der Waals surface area contributed by atoms with Crippen LogP contribution in [0.5, 0.6) is 0 Å². The van der Waals surface area contributed by atoms with E-state index in [1.807, 2.05) is 60.7 Å². The first-order valence-corrected chi connectivity index (χ1v) is 11.7. The lowest BCUT2D eigenvalue weighted by molar-refractivity contribution is -0.156. The number of carbonyl (C=O) groups is 3. The number of benzene rings is 2. The minimum atomic E-state index is -1.46. The molecule has 2 amide bonds. The maximum atomic E-state index is 13.2. The monoisotopic (exact) mass is 462 g/mol. The summed E-state index contributed by atoms with van der Waals surface area (Å²) in [6, 6.07) is 19.1. The highest BCUT2D eigenvalue weighted by atomic mass is 16.5. The van der Waals surface area contributed by atoms with Gasteiger partial charge in [0.25, 0.3) is 5.91 Å². The van der Waals surface area contributed by atoms with Crippen LogP contribution in [0.15, 0.2) is 66.7 Å². The van der Waals surface area contributed by atoms with Gasteiger partial charge >= 0.3 is 5.97 Å². The van der Waals surface area contributed by atoms with Gasteiger partial charge < -0.3 is 19.6 Å². The third-order valence-corrected chi connectivity index (χ3v) is 6.83. The molecule has 4 rings (SSSR count). The van der Waals surface area contributed by atoms with E-state index in [2.05, 4.69) is 0 Å². The average Bonchev–Trinajstić information content (AvgIpc) is 3.05. The summed E-state index contributed by atoms with van der Waals surface area (Å²) in [6.07, 6.45) is 2.64. The van der Waals surface area contributed by atoms with Gasteiger partial charge in [0.05, 0.1) is 12.1 Å². The van der Waals surface area contributed by atoms with Crippen molar-refractivity contribution in [1.29, 1.82) is 0 Å². The molecule has 7 heteroatoms. The van der Waals surface area contributed by atoms with Gasteiger partial charge in [-0.2, -0.15) is 0 Å². The lowest BCUT2D eigenvalue weighted by Gasteiger charge is -2.46. The van der Waals surface area contributed by atoms with Gasteiger partial charge in [-0.05, 0) is 37.0 Å². The van der Waals surface area contributed by atoms with Gasteiger partial charge in [-0.15, -0.1) is 0 Å². The summed E-state index contributed by atoms with van der Waals surface area (Å²) in [5.74, 6) is -2.14. The average molecular weight is 463 g/mol. The third-order valence-electron chi connectivity index (χ3n) is 6.83. The molecule has 2 aliphatic heterocycles. The van der Waals surface area contributed by atoms with Gasteiger partial charge in [0.2, 0.25) is 5.91 Å². The summed E-state index contributed by atoms with van der Waals surface area (Å²) in [6.45, 7) is 2.91. The van der Waals surface area contributed by atoms with E-state index in [-0.39, 0.29) is 19.1 Å². The Kier molecular flexibility index (Phi) is 7.12. The zero-order valence-electron chi connectivity index (χ0n) is 19.3. The number of nitrogens with zero attached hydrogens (tertiary/aromatic N) is 2. The molecule has 2 aliphatic rings. The number of hydrogen-bond acceptors (Lipinski definition) is 5. The second-order valence-electron chi connectivity index (χ2n) is 8.76. The lowest BCUT2D eigenvalue weighted by Crippen LogP contribution is -2.58. The lowest BCUT2D eigenvalue weighted by atomic mass is 9.75. The Morgan fingerprint density at radius 1 is 1.06 bits per heavy atom. The Labute approximate surface area is 199 Å². The largest absolute Gasteiger partial charge is 0.466 e. The second kappa shape index (κ2) is 10.2. The van der Waals surface area contributed by atoms with Gasteiger partial charge in [0.1, 0.15) is 12.0 Å². The maximum absolute atomic E-state index is 13.2. The van der Waals surface area contributed by atoms with Crippen molar-refractivity contribution in [2.75, 3.05) is 19.7 Å². The van der Waals surface area contributed by atoms with E-state index in [0.29, 0.717) is 25.9 Å². The first kappa shape index (κ1) is 23.7. The van der Waals surface area contributed by atoms with Crippen molar-refractivity contribution >= 4 is 23.9 Å². The first-order chi connectivity index (χ1) is 16.5. The Morgan fingerprint density at radius 2 is 1.68 bits per heavy atom. The molecular weight excluding hydrogens is 432 g/mol. The third kappa shape index (κ3) is 4.61. The molecule has 0 radical (unpaired) electrons. The number of carbonyl (C=O) groups excluding carboxylic acids is 3. The predicted octanol–water partition coefficient (Wildman–Crippen LogP) is 2.64. The highest BCUT2D eigenvalue weighted by Gasteiger charge is 2.62. The Balaban J connectivity index is 1.56. The number of rotatable bonds is 6. The van der Waals surface area contributed by atoms with E-state index in [0.717, 1.165) is 11.1 Å². The topological polar surface area (TPSA) is 87.2 Å². The molecule has 0 aromatic heterocycles. The van der Waals surface area contributed by atoms with E-state index in [1.54, 1.807) is 28.9 Å². The molecule has 2 saturated heterocycles. The van der Waals surface area contributed by atoms with E-state index < -0.39 is 29.4 Å². The van der Waals surface area contributed by atoms with Crippen molar-refractivity contribution in [3.8, 4) is 0 Å². The van der Waals surface area contributed by atoms with Gasteiger partial charge in [0.15, 0.2) is 0 Å². The summed E-state index contributed by atoms with van der Waals surface area (Å²) in [5, 5.41) is 10.8. The van der Waals surface area contributed by atoms with Crippen LogP contribution >= 0.6 is 0 Å². The predicted molar refractivity (Wildman–Crippen MR) is 127 cm³/mol. The van der Waals surface area contributed by atoms with Crippen LogP contribution in [-0.2, 0) is 25.7 Å². The van der Waals surface area contributed by atoms with Crippen molar-refractivity contribution in [2.24, 2.45) is 5.92 Å². The summed E-state index contributed by atoms with van der Waals surface area (Å²) in [4.78, 5) is 42.2. The molecule has 0 unspecified atom stereocenters. The normalized spacial score (nSPS) is 21.9. The van der Waals surface area contributed by atoms with Crippen LogP contribution in [0.1, 0.15) is 30.9 Å². The van der Waals surface area contributed by atoms with Crippen molar-refractivity contribution in [1.82, 2.24) is 9.80 Å². The van der Waals surface area contributed by atoms with Crippen molar-refractivity contribution in [3.05, 3.63) is 77.9 Å². The molecule has 2 atom stereocenters. The number of aliphatic hydroxyl groups excluding tert-OH is 1. The smallest absolute Gasteiger partial charge is 0.314 e. The number of piperidine rings is 1. The number of likely N-dealkylation sites (tertiary alicyclic amines) is 2. The zero-order valence-corrected chi connectivity index (χ0v) is 19.3. The Hall–Kier alpha value is -3.45. The first-order valence-electron chi connectivity index (χ1n) is 11.7. The fourth-order valence-electron chi connectivity index (χ4n) is 5.10. The van der Waals surface area contributed by atoms with Crippen LogP contribution in [0.4, 0.5) is 0 Å². The van der Waals surface area contributed by atoms with Crippen LogP contribution in [0.3, 0.4) is 0 Å². The SMILES string of the molecule is CCOC(=O)[C@@H]1[C@@H](O)C(=O)N(Cc2ccccc2)C12CCN(C(=O)/C=C/c1ccccc1)CC2. The molecule has 0 saturated carbocycles. The highest BCUT2D eigenvalue weighted by molar-refractivity contribution is 5.94. The molecule has 1 N–H and O–H groups in total. The number of amides is 2. The van der Waals surface area contributed by atoms with E-state index >= 15 is 0 Å². The maximum Gasteiger partial charge on any atom is 0.314 e. The molecule has 0 aliphatic carbocycles. The molecule has 178 valence electrons. The highest BCUT2D eigenvalue weighted by Crippen LogP contribution is 2.45. The van der Waals surface area contributed by atoms with Gasteiger partial charge in [0, 0.05) is 25.7 Å². The van der Waals surface area contributed by atoms with Crippen molar-refractivity contribution in [2.45, 2.75) is 38.0 Å². The fraction of sp³-hybridized carbons (Fsp3) is 0.370. The molecule has 2 aromatic carbocycles. The molecule has 34 heavy (non-hydrogen) atoms. The number of ether oxygens (including phenoxy) is 1. The van der Waals surface area contributed by atoms with Crippen LogP contribution in [0.25, 0.3) is 6.08 Å². The fourth-order valence-corrected chi connectivity index (χ4v) is 5.10. The molecular formula is C27H30N2O5. The summed E-state index contributed by atoms with van der Waals surface area (Å²) < 4.78 is 5.26. The van der Waals surface area contributed by atoms with Gasteiger partial charge in [-0.3, -0.25) is 14.4 Å². The molecule has 2 aromatic rings. The molecule has 0 bridgehead atoms. The van der Waals surface area contributed by atoms with E-state index in [4.69, 9.17) is 4.74 Å². The van der Waals surface area contributed by atoms with Crippen molar-refractivity contribution in [3.63, 3.8) is 0 Å². The Bertz CT molecular complexity index is 1050. The number of esters is 1. The summed E-state index contributed by atoms with van der Waals surface area (Å²) in [7, 11) is 0. The Morgan fingerprint density at radius 3 is 2.29 bits per heavy atom. The minimum absolute atomic E-state index is 0.120. The van der Waals surface area contributed by atoms with E-state index in [1.165, 1.54) is 0 Å². The second-order valence-corrected chi connectivity index (χ2v) is 8.76. The number of aliphatic hydroxyl groups is 1. The molecule has 2 heterocycles. The van der Waals surface area contributed by atoms with Gasteiger partial charge in [-0.25, -0.2) is 0 Å². The van der Waals surface area contributed by atoms with Crippen molar-refractivity contribution < 1.29 is 24.2 Å². The number of hydrogen-bond donors (Lipinski definition) is 1. The standard InChI is InChI=1S/C27H30N2O5/c1-2-34-26(33)23-24(31)25(32)29(19-21-11-7-4-8-12-21)27(23)15-17-28(18-16-27)22(30)14-13-20-9-5-3-6-10-20/h3-14,23-24,31H,2,15-19H2,1H3/b14-13+/t23-,24+/m0/s1. The summed E-state index contributed by atoms with van der Waals surface area (Å²) in [5.41, 5.74) is 0.944. The van der Waals surface area contributed by atoms with Crippen LogP contribution in [0, 0.1) is 5.92 Å². The summed E-state index contributed by atoms with van der Waals surface area (Å²) >= 11 is 0. The van der Waals surface area contributed by atoms with E-state index in [9.17, 15) is 19.5 Å². The molecule has 7 nitrogen and oxygen atoms in total. The molecule has 2 fully saturated rings. The van der Waals surface area contributed by atoms with Crippen LogP contribution in [-0.4, -0.2) is 64.0 Å².